The molecule has 5 heterocycles. The van der Waals surface area contributed by atoms with Gasteiger partial charge < -0.3 is 13.5 Å². The Labute approximate surface area is 343 Å². The van der Waals surface area contributed by atoms with Crippen LogP contribution in [0.2, 0.25) is 0 Å². The van der Waals surface area contributed by atoms with E-state index in [9.17, 15) is 0 Å². The van der Waals surface area contributed by atoms with E-state index >= 15 is 0 Å². The minimum atomic E-state index is 0. The van der Waals surface area contributed by atoms with Crippen molar-refractivity contribution in [2.24, 2.45) is 0 Å². The Morgan fingerprint density at radius 2 is 1.19 bits per heavy atom. The number of fused-ring (bicyclic) bond motifs is 12. The van der Waals surface area contributed by atoms with Gasteiger partial charge in [0.05, 0.1) is 39.4 Å². The van der Waals surface area contributed by atoms with Gasteiger partial charge in [-0.05, 0) is 61.0 Å². The predicted molar refractivity (Wildman–Crippen MR) is 226 cm³/mol. The van der Waals surface area contributed by atoms with Crippen LogP contribution >= 0.6 is 0 Å². The van der Waals surface area contributed by atoms with Crippen LogP contribution < -0.4 is 4.74 Å². The normalized spacial score (nSPS) is 11.6. The van der Waals surface area contributed by atoms with E-state index in [1.54, 1.807) is 0 Å². The molecule has 0 N–H and O–H groups in total. The summed E-state index contributed by atoms with van der Waals surface area (Å²) in [4.78, 5) is 15.3. The van der Waals surface area contributed by atoms with Gasteiger partial charge in [0, 0.05) is 40.5 Å². The third kappa shape index (κ3) is 5.47. The van der Waals surface area contributed by atoms with Gasteiger partial charge in [-0.2, -0.15) is 0 Å². The summed E-state index contributed by atoms with van der Waals surface area (Å²) in [6.45, 7) is 6.50. The first kappa shape index (κ1) is 34.8. The molecule has 6 nitrogen and oxygen atoms in total. The number of hydrogen-bond donors (Lipinski definition) is 0. The molecule has 0 amide bonds. The van der Waals surface area contributed by atoms with Crippen LogP contribution in [0.5, 0.6) is 11.5 Å². The molecule has 11 rings (SSSR count). The fraction of sp³-hybridized carbons (Fsp3) is 0.0600. The number of benzene rings is 6. The minimum absolute atomic E-state index is 0. The predicted octanol–water partition coefficient (Wildman–Crippen LogP) is 12.3. The van der Waals surface area contributed by atoms with E-state index in [1.807, 2.05) is 42.7 Å². The average Bonchev–Trinajstić information content (AvgIpc) is 3.85. The Morgan fingerprint density at radius 3 is 1.93 bits per heavy atom. The Morgan fingerprint density at radius 1 is 0.561 bits per heavy atom. The van der Waals surface area contributed by atoms with E-state index in [4.69, 9.17) is 19.7 Å². The molecule has 57 heavy (non-hydrogen) atoms. The SMILES string of the molecule is Cc1cc(C)c(-c2cnc3c4[c-]c(Oc5[c-]c6c(cc5)c5ncccc5n5c(-c7ccccc7)c(-c7ccccc7)nc65)ccc4c4ccccc4n23)c(C)c1.[Pt+2]. The van der Waals surface area contributed by atoms with Crippen LogP contribution in [0, 0.1) is 32.9 Å². The van der Waals surface area contributed by atoms with Gasteiger partial charge in [-0.15, -0.1) is 12.1 Å². The van der Waals surface area contributed by atoms with Gasteiger partial charge in [0.15, 0.2) is 0 Å². The first-order valence-corrected chi connectivity index (χ1v) is 18.8. The van der Waals surface area contributed by atoms with Crippen molar-refractivity contribution in [3.8, 4) is 45.3 Å². The molecule has 0 fully saturated rings. The molecular weight excluding hydrogens is 882 g/mol. The second-order valence-electron chi connectivity index (χ2n) is 14.5. The average molecular weight is 915 g/mol. The molecule has 0 atom stereocenters. The van der Waals surface area contributed by atoms with Crippen molar-refractivity contribution in [1.82, 2.24) is 23.8 Å². The Bertz CT molecular complexity index is 3350. The maximum atomic E-state index is 6.66. The Kier molecular flexibility index (Phi) is 8.28. The number of pyridine rings is 3. The zero-order valence-electron chi connectivity index (χ0n) is 31.3. The van der Waals surface area contributed by atoms with Gasteiger partial charge in [-0.3, -0.25) is 15.0 Å². The fourth-order valence-electron chi connectivity index (χ4n) is 8.66. The fourth-order valence-corrected chi connectivity index (χ4v) is 8.66. The smallest absolute Gasteiger partial charge is 0.497 e. The van der Waals surface area contributed by atoms with Crippen LogP contribution in [0.4, 0.5) is 0 Å². The van der Waals surface area contributed by atoms with Gasteiger partial charge in [0.2, 0.25) is 0 Å². The number of imidazole rings is 2. The van der Waals surface area contributed by atoms with Gasteiger partial charge >= 0.3 is 21.1 Å². The monoisotopic (exact) mass is 914 g/mol. The van der Waals surface area contributed by atoms with Crippen LogP contribution in [0.15, 0.2) is 146 Å². The van der Waals surface area contributed by atoms with Crippen LogP contribution in [-0.4, -0.2) is 23.8 Å². The summed E-state index contributed by atoms with van der Waals surface area (Å²) in [7, 11) is 0. The standard InChI is InChI=1S/C50H33N5O.Pt/c1-30-25-31(2)45(32(3)26-30)44-29-52-49-40-27-35(20-22-37(40)38-17-10-11-18-42(38)54(44)49)56-36-21-23-39-41(28-36)50-53-46(33-13-6-4-7-14-33)48(34-15-8-5-9-16-34)55(50)43-19-12-24-51-47(39)43;/h4-26,29H,1-3H3;/q-2;+2. The molecule has 11 aromatic rings. The zero-order chi connectivity index (χ0) is 37.5. The molecule has 0 saturated carbocycles. The zero-order valence-corrected chi connectivity index (χ0v) is 33.6. The second-order valence-corrected chi connectivity index (χ2v) is 14.5. The largest absolute Gasteiger partial charge is 2.00 e. The van der Waals surface area contributed by atoms with Crippen LogP contribution in [0.3, 0.4) is 0 Å². The first-order valence-electron chi connectivity index (χ1n) is 18.8. The van der Waals surface area contributed by atoms with Crippen LogP contribution in [0.25, 0.3) is 88.5 Å². The van der Waals surface area contributed by atoms with E-state index in [-0.39, 0.29) is 21.1 Å². The molecule has 274 valence electrons. The molecule has 0 aliphatic heterocycles. The summed E-state index contributed by atoms with van der Waals surface area (Å²) in [5.74, 6) is 1.13. The molecule has 0 spiro atoms. The van der Waals surface area contributed by atoms with Crippen molar-refractivity contribution in [2.75, 3.05) is 0 Å². The quantitative estimate of drug-likeness (QED) is 0.127. The Hall–Kier alpha value is -6.62. The van der Waals surface area contributed by atoms with Crippen molar-refractivity contribution in [2.45, 2.75) is 20.8 Å². The molecule has 0 aliphatic carbocycles. The van der Waals surface area contributed by atoms with Crippen molar-refractivity contribution in [1.29, 1.82) is 0 Å². The van der Waals surface area contributed by atoms with Crippen LogP contribution in [0.1, 0.15) is 16.7 Å². The van der Waals surface area contributed by atoms with Crippen molar-refractivity contribution in [3.63, 3.8) is 0 Å². The van der Waals surface area contributed by atoms with Gasteiger partial charge in [-0.1, -0.05) is 142 Å². The Balaban J connectivity index is 0.00000396. The maximum Gasteiger partial charge on any atom is 2.00 e. The molecule has 0 bridgehead atoms. The summed E-state index contributed by atoms with van der Waals surface area (Å²) in [5.41, 5.74) is 14.5. The van der Waals surface area contributed by atoms with Gasteiger partial charge in [0.25, 0.3) is 0 Å². The topological polar surface area (TPSA) is 56.7 Å². The molecule has 6 aromatic carbocycles. The van der Waals surface area contributed by atoms with E-state index in [0.29, 0.717) is 11.5 Å². The van der Waals surface area contributed by atoms with Gasteiger partial charge in [-0.25, -0.2) is 0 Å². The third-order valence-electron chi connectivity index (χ3n) is 10.9. The number of aryl methyl sites for hydroxylation is 3. The molecular formula is C50H33N5OPt. The summed E-state index contributed by atoms with van der Waals surface area (Å²) < 4.78 is 11.2. The second kappa shape index (κ2) is 13.5. The van der Waals surface area contributed by atoms with Crippen molar-refractivity contribution >= 4 is 54.8 Å². The number of ether oxygens (including phenoxy) is 1. The van der Waals surface area contributed by atoms with E-state index < -0.39 is 0 Å². The molecule has 0 unspecified atom stereocenters. The first-order chi connectivity index (χ1) is 27.5. The van der Waals surface area contributed by atoms with Crippen molar-refractivity contribution in [3.05, 3.63) is 175 Å². The minimum Gasteiger partial charge on any atom is -0.497 e. The van der Waals surface area contributed by atoms with Crippen LogP contribution in [-0.2, 0) is 21.1 Å². The number of rotatable bonds is 5. The number of nitrogens with zero attached hydrogens (tertiary/aromatic N) is 5. The van der Waals surface area contributed by atoms with Crippen molar-refractivity contribution < 1.29 is 25.8 Å². The molecule has 7 heteroatoms. The van der Waals surface area contributed by atoms with E-state index in [2.05, 4.69) is 145 Å². The number of para-hydroxylation sites is 1. The van der Waals surface area contributed by atoms with Gasteiger partial charge in [0.1, 0.15) is 0 Å². The molecule has 5 aromatic heterocycles. The number of hydrogen-bond acceptors (Lipinski definition) is 4. The maximum absolute atomic E-state index is 6.66. The molecule has 0 saturated heterocycles. The summed E-state index contributed by atoms with van der Waals surface area (Å²) in [5, 5.41) is 4.86. The third-order valence-corrected chi connectivity index (χ3v) is 10.9. The molecule has 0 aliphatic rings. The summed E-state index contributed by atoms with van der Waals surface area (Å²) in [6, 6.07) is 53.2. The van der Waals surface area contributed by atoms with E-state index in [0.717, 1.165) is 83.0 Å². The summed E-state index contributed by atoms with van der Waals surface area (Å²) in [6.07, 6.45) is 3.83. The van der Waals surface area contributed by atoms with E-state index in [1.165, 1.54) is 22.3 Å². The molecule has 0 radical (unpaired) electrons. The number of aromatic nitrogens is 5. The summed E-state index contributed by atoms with van der Waals surface area (Å²) >= 11 is 0.